The van der Waals surface area contributed by atoms with E-state index in [2.05, 4.69) is 33.1 Å². The van der Waals surface area contributed by atoms with Crippen LogP contribution in [0.4, 0.5) is 0 Å². The Balaban J connectivity index is 1.07. The molecule has 37 heavy (non-hydrogen) atoms. The fourth-order valence-electron chi connectivity index (χ4n) is 7.02. The number of aromatic amines is 1. The van der Waals surface area contributed by atoms with E-state index in [1.807, 2.05) is 53.1 Å². The van der Waals surface area contributed by atoms with E-state index >= 15 is 0 Å². The summed E-state index contributed by atoms with van der Waals surface area (Å²) in [6.07, 6.45) is 2.05. The van der Waals surface area contributed by atoms with Gasteiger partial charge < -0.3 is 19.1 Å². The first-order valence-corrected chi connectivity index (χ1v) is 13.2. The van der Waals surface area contributed by atoms with Crippen molar-refractivity contribution in [3.05, 3.63) is 53.7 Å². The molecule has 7 rings (SSSR count). The number of aromatic nitrogens is 4. The first kappa shape index (κ1) is 22.3. The lowest BCUT2D eigenvalue weighted by Crippen LogP contribution is -2.44. The SMILES string of the molecule is CCOc1c(C(=O)N2CC3C(C2)[C@@H]2CN(C(=O)c4ccc5n[nH]nc5c4)C[C@H]32)ccc2c1ccn2CC. The van der Waals surface area contributed by atoms with Crippen molar-refractivity contribution in [2.45, 2.75) is 20.4 Å². The minimum atomic E-state index is 0.0518. The smallest absolute Gasteiger partial charge is 0.257 e. The molecule has 2 aliphatic heterocycles. The number of likely N-dealkylation sites (tertiary alicyclic amines) is 2. The topological polar surface area (TPSA) is 96.3 Å². The van der Waals surface area contributed by atoms with Crippen molar-refractivity contribution in [2.75, 3.05) is 32.8 Å². The second-order valence-corrected chi connectivity index (χ2v) is 10.5. The minimum Gasteiger partial charge on any atom is -0.492 e. The molecular weight excluding hydrogens is 468 g/mol. The van der Waals surface area contributed by atoms with Crippen LogP contribution in [0.1, 0.15) is 34.6 Å². The maximum atomic E-state index is 13.7. The monoisotopic (exact) mass is 498 g/mol. The van der Waals surface area contributed by atoms with Gasteiger partial charge in [0, 0.05) is 49.9 Å². The predicted molar refractivity (Wildman–Crippen MR) is 138 cm³/mol. The molecule has 3 fully saturated rings. The van der Waals surface area contributed by atoms with Gasteiger partial charge in [0.2, 0.25) is 0 Å². The van der Waals surface area contributed by atoms with Crippen LogP contribution in [0.25, 0.3) is 21.9 Å². The van der Waals surface area contributed by atoms with Crippen LogP contribution in [-0.4, -0.2) is 74.4 Å². The van der Waals surface area contributed by atoms with Crippen LogP contribution in [0.3, 0.4) is 0 Å². The fourth-order valence-corrected chi connectivity index (χ4v) is 7.02. The van der Waals surface area contributed by atoms with Crippen LogP contribution in [0.15, 0.2) is 42.6 Å². The quantitative estimate of drug-likeness (QED) is 0.455. The first-order chi connectivity index (χ1) is 18.1. The highest BCUT2D eigenvalue weighted by Crippen LogP contribution is 2.54. The van der Waals surface area contributed by atoms with Gasteiger partial charge in [-0.15, -0.1) is 0 Å². The number of aryl methyl sites for hydroxylation is 1. The number of hydrogen-bond donors (Lipinski definition) is 1. The van der Waals surface area contributed by atoms with E-state index in [9.17, 15) is 9.59 Å². The van der Waals surface area contributed by atoms with Gasteiger partial charge in [0.1, 0.15) is 16.8 Å². The third kappa shape index (κ3) is 3.29. The van der Waals surface area contributed by atoms with Crippen molar-refractivity contribution in [3.8, 4) is 5.75 Å². The van der Waals surface area contributed by atoms with E-state index in [0.29, 0.717) is 52.7 Å². The van der Waals surface area contributed by atoms with Gasteiger partial charge in [0.05, 0.1) is 17.7 Å². The lowest BCUT2D eigenvalue weighted by atomic mass is 9.60. The van der Waals surface area contributed by atoms with Gasteiger partial charge in [0.25, 0.3) is 11.8 Å². The molecule has 2 amide bonds. The third-order valence-corrected chi connectivity index (χ3v) is 8.83. The average molecular weight is 499 g/mol. The molecule has 0 bridgehead atoms. The zero-order valence-corrected chi connectivity index (χ0v) is 21.1. The Bertz CT molecular complexity index is 1520. The van der Waals surface area contributed by atoms with Crippen LogP contribution in [0.2, 0.25) is 0 Å². The van der Waals surface area contributed by atoms with Crippen molar-refractivity contribution < 1.29 is 14.3 Å². The van der Waals surface area contributed by atoms with Crippen LogP contribution in [-0.2, 0) is 6.54 Å². The van der Waals surface area contributed by atoms with Crippen molar-refractivity contribution in [3.63, 3.8) is 0 Å². The standard InChI is InChI=1S/C28H30N6O3/c1-3-32-10-9-17-25(32)8-6-18(26(17)37-4-2)28(36)34-14-21-19-12-33(13-20(19)22(21)15-34)27(35)16-5-7-23-24(11-16)30-31-29-23/h5-11,19-22H,3-4,12-15H2,1-2H3,(H,29,30,31)/t19-,20+,21?,22?. The van der Waals surface area contributed by atoms with Gasteiger partial charge in [-0.2, -0.15) is 15.4 Å². The predicted octanol–water partition coefficient (Wildman–Crippen LogP) is 3.42. The first-order valence-electron chi connectivity index (χ1n) is 13.2. The van der Waals surface area contributed by atoms with E-state index < -0.39 is 0 Å². The molecule has 0 spiro atoms. The van der Waals surface area contributed by atoms with Gasteiger partial charge in [-0.3, -0.25) is 9.59 Å². The van der Waals surface area contributed by atoms with Crippen LogP contribution in [0.5, 0.6) is 5.75 Å². The molecule has 2 aromatic heterocycles. The van der Waals surface area contributed by atoms with Gasteiger partial charge in [-0.05, 0) is 73.9 Å². The highest BCUT2D eigenvalue weighted by molar-refractivity contribution is 6.03. The van der Waals surface area contributed by atoms with Gasteiger partial charge >= 0.3 is 0 Å². The zero-order chi connectivity index (χ0) is 25.3. The molecule has 3 aliphatic rings. The Labute approximate surface area is 214 Å². The highest BCUT2D eigenvalue weighted by Gasteiger charge is 2.59. The molecule has 9 heteroatoms. The lowest BCUT2D eigenvalue weighted by molar-refractivity contribution is 0.0629. The molecular formula is C28H30N6O3. The minimum absolute atomic E-state index is 0.0518. The van der Waals surface area contributed by atoms with Crippen LogP contribution >= 0.6 is 0 Å². The molecule has 1 N–H and O–H groups in total. The van der Waals surface area contributed by atoms with Gasteiger partial charge in [-0.25, -0.2) is 0 Å². The molecule has 0 radical (unpaired) electrons. The Hall–Kier alpha value is -3.88. The molecule has 1 aliphatic carbocycles. The fraction of sp³-hybridized carbons (Fsp3) is 0.429. The van der Waals surface area contributed by atoms with Gasteiger partial charge in [-0.1, -0.05) is 0 Å². The Morgan fingerprint density at radius 2 is 1.57 bits per heavy atom. The van der Waals surface area contributed by atoms with Crippen LogP contribution in [0, 0.1) is 23.7 Å². The molecule has 9 nitrogen and oxygen atoms in total. The third-order valence-electron chi connectivity index (χ3n) is 8.83. The number of H-pyrrole nitrogens is 1. The summed E-state index contributed by atoms with van der Waals surface area (Å²) in [4.78, 5) is 30.9. The number of nitrogens with one attached hydrogen (secondary N) is 1. The summed E-state index contributed by atoms with van der Waals surface area (Å²) < 4.78 is 8.19. The second-order valence-electron chi connectivity index (χ2n) is 10.5. The summed E-state index contributed by atoms with van der Waals surface area (Å²) in [5, 5.41) is 11.8. The van der Waals surface area contributed by atoms with Crippen molar-refractivity contribution in [1.29, 1.82) is 0 Å². The summed E-state index contributed by atoms with van der Waals surface area (Å²) >= 11 is 0. The molecule has 2 aromatic carbocycles. The zero-order valence-electron chi connectivity index (χ0n) is 21.1. The summed E-state index contributed by atoms with van der Waals surface area (Å²) in [5.74, 6) is 2.60. The van der Waals surface area contributed by atoms with Crippen molar-refractivity contribution in [2.24, 2.45) is 23.7 Å². The maximum absolute atomic E-state index is 13.7. The number of fused-ring (bicyclic) bond motifs is 6. The summed E-state index contributed by atoms with van der Waals surface area (Å²) in [6.45, 7) is 8.45. The summed E-state index contributed by atoms with van der Waals surface area (Å²) in [7, 11) is 0. The van der Waals surface area contributed by atoms with Crippen molar-refractivity contribution >= 4 is 33.8 Å². The van der Waals surface area contributed by atoms with Crippen molar-refractivity contribution in [1.82, 2.24) is 29.8 Å². The Morgan fingerprint density at radius 3 is 2.24 bits per heavy atom. The largest absolute Gasteiger partial charge is 0.492 e. The number of rotatable bonds is 5. The molecule has 4 atom stereocenters. The summed E-state index contributed by atoms with van der Waals surface area (Å²) in [6, 6.07) is 11.5. The number of amides is 2. The number of ether oxygens (including phenoxy) is 1. The molecule has 2 unspecified atom stereocenters. The Morgan fingerprint density at radius 1 is 0.892 bits per heavy atom. The molecule has 190 valence electrons. The number of carbonyl (C=O) groups excluding carboxylic acids is 2. The van der Waals surface area contributed by atoms with E-state index in [-0.39, 0.29) is 11.8 Å². The number of nitrogens with zero attached hydrogens (tertiary/aromatic N) is 5. The average Bonchev–Trinajstić information content (AvgIpc) is 3.70. The Kier molecular flexibility index (Phi) is 5.02. The normalized spacial score (nSPS) is 24.4. The molecule has 4 heterocycles. The summed E-state index contributed by atoms with van der Waals surface area (Å²) in [5.41, 5.74) is 3.85. The van der Waals surface area contributed by atoms with E-state index in [1.165, 1.54) is 0 Å². The number of benzene rings is 2. The second kappa shape index (κ2) is 8.33. The molecule has 2 saturated heterocycles. The maximum Gasteiger partial charge on any atom is 0.257 e. The highest BCUT2D eigenvalue weighted by atomic mass is 16.5. The van der Waals surface area contributed by atoms with Crippen LogP contribution < -0.4 is 4.74 Å². The van der Waals surface area contributed by atoms with E-state index in [1.54, 1.807) is 0 Å². The lowest BCUT2D eigenvalue weighted by Gasteiger charge is -2.42. The number of hydrogen-bond acceptors (Lipinski definition) is 5. The number of carbonyl (C=O) groups is 2. The van der Waals surface area contributed by atoms with Gasteiger partial charge in [0.15, 0.2) is 0 Å². The van der Waals surface area contributed by atoms with E-state index in [4.69, 9.17) is 4.74 Å². The van der Waals surface area contributed by atoms with E-state index in [0.717, 1.165) is 49.1 Å². The molecule has 1 saturated carbocycles. The molecule has 4 aromatic rings.